The van der Waals surface area contributed by atoms with E-state index in [1.165, 1.54) is 11.5 Å². The van der Waals surface area contributed by atoms with Crippen LogP contribution in [0.25, 0.3) is 0 Å². The quantitative estimate of drug-likeness (QED) is 0.513. The minimum absolute atomic E-state index is 0.829. The lowest BCUT2D eigenvalue weighted by Crippen LogP contribution is -2.37. The van der Waals surface area contributed by atoms with Gasteiger partial charge >= 0.3 is 0 Å². The predicted molar refractivity (Wildman–Crippen MR) is 30.2 cm³/mol. The predicted octanol–water partition coefficient (Wildman–Crippen LogP) is 0.321. The Morgan fingerprint density at radius 3 is 2.33 bits per heavy atom. The summed E-state index contributed by atoms with van der Waals surface area (Å²) in [5.74, 6) is 2.63. The number of rotatable bonds is 1. The minimum Gasteiger partial charge on any atom is -0.315 e. The Bertz CT molecular complexity index is 40.1. The first kappa shape index (κ1) is 4.47. The van der Waals surface area contributed by atoms with Gasteiger partial charge in [0.15, 0.2) is 0 Å². The van der Waals surface area contributed by atoms with E-state index in [-0.39, 0.29) is 0 Å². The third kappa shape index (κ3) is 0.684. The van der Waals surface area contributed by atoms with E-state index >= 15 is 0 Å². The highest BCUT2D eigenvalue weighted by atomic mass is 32.2. The average Bonchev–Trinajstić information content (AvgIpc) is 1.31. The number of nitrogens with one attached hydrogen (secondary N) is 1. The molecular formula is C4H9NS. The molecule has 0 aliphatic carbocycles. The van der Waals surface area contributed by atoms with Crippen molar-refractivity contribution in [2.45, 2.75) is 6.04 Å². The summed E-state index contributed by atoms with van der Waals surface area (Å²) in [5.41, 5.74) is 0. The van der Waals surface area contributed by atoms with Gasteiger partial charge in [0, 0.05) is 17.5 Å². The van der Waals surface area contributed by atoms with Gasteiger partial charge in [0.25, 0.3) is 0 Å². The van der Waals surface area contributed by atoms with Crippen molar-refractivity contribution in [3.05, 3.63) is 0 Å². The maximum atomic E-state index is 3.18. The summed E-state index contributed by atoms with van der Waals surface area (Å²) in [4.78, 5) is 0. The van der Waals surface area contributed by atoms with E-state index in [1.807, 2.05) is 18.8 Å². The summed E-state index contributed by atoms with van der Waals surface area (Å²) in [5, 5.41) is 3.18. The SMILES string of the molecule is CNC1CSC1. The lowest BCUT2D eigenvalue weighted by molar-refractivity contribution is 0.660. The molecule has 36 valence electrons. The van der Waals surface area contributed by atoms with Crippen LogP contribution in [0.1, 0.15) is 0 Å². The van der Waals surface area contributed by atoms with Gasteiger partial charge in [0.05, 0.1) is 0 Å². The van der Waals surface area contributed by atoms with Gasteiger partial charge in [-0.25, -0.2) is 0 Å². The summed E-state index contributed by atoms with van der Waals surface area (Å²) in [7, 11) is 2.02. The molecule has 0 aromatic rings. The van der Waals surface area contributed by atoms with Crippen LogP contribution < -0.4 is 5.32 Å². The van der Waals surface area contributed by atoms with Crippen LogP contribution in [0.5, 0.6) is 0 Å². The van der Waals surface area contributed by atoms with Gasteiger partial charge < -0.3 is 5.32 Å². The largest absolute Gasteiger partial charge is 0.315 e. The van der Waals surface area contributed by atoms with Crippen LogP contribution in [0.15, 0.2) is 0 Å². The number of hydrogen-bond donors (Lipinski definition) is 1. The lowest BCUT2D eigenvalue weighted by atomic mass is 10.4. The molecule has 1 aliphatic heterocycles. The zero-order valence-electron chi connectivity index (χ0n) is 3.90. The Kier molecular flexibility index (Phi) is 1.37. The van der Waals surface area contributed by atoms with Gasteiger partial charge in [-0.2, -0.15) is 11.8 Å². The maximum absolute atomic E-state index is 3.18. The first-order valence-corrected chi connectivity index (χ1v) is 3.34. The Labute approximate surface area is 42.5 Å². The van der Waals surface area contributed by atoms with E-state index < -0.39 is 0 Å². The van der Waals surface area contributed by atoms with Crippen LogP contribution in [0.4, 0.5) is 0 Å². The Morgan fingerprint density at radius 2 is 2.33 bits per heavy atom. The second-order valence-electron chi connectivity index (χ2n) is 1.52. The molecule has 6 heavy (non-hydrogen) atoms. The van der Waals surface area contributed by atoms with Crippen molar-refractivity contribution < 1.29 is 0 Å². The lowest BCUT2D eigenvalue weighted by Gasteiger charge is -2.23. The fourth-order valence-electron chi connectivity index (χ4n) is 0.402. The fourth-order valence-corrected chi connectivity index (χ4v) is 1.21. The molecule has 1 fully saturated rings. The molecule has 0 aromatic carbocycles. The maximum Gasteiger partial charge on any atom is 0.0245 e. The first-order chi connectivity index (χ1) is 2.93. The van der Waals surface area contributed by atoms with Gasteiger partial charge in [-0.3, -0.25) is 0 Å². The van der Waals surface area contributed by atoms with Crippen LogP contribution in [0.2, 0.25) is 0 Å². The van der Waals surface area contributed by atoms with E-state index in [0.29, 0.717) is 0 Å². The highest BCUT2D eigenvalue weighted by Gasteiger charge is 2.13. The van der Waals surface area contributed by atoms with Crippen molar-refractivity contribution in [1.82, 2.24) is 5.32 Å². The molecule has 1 rings (SSSR count). The second kappa shape index (κ2) is 1.85. The molecule has 1 aliphatic rings. The molecule has 0 radical (unpaired) electrons. The van der Waals surface area contributed by atoms with Crippen molar-refractivity contribution in [3.63, 3.8) is 0 Å². The van der Waals surface area contributed by atoms with Crippen LogP contribution >= 0.6 is 11.8 Å². The summed E-state index contributed by atoms with van der Waals surface area (Å²) >= 11 is 2.01. The molecule has 1 N–H and O–H groups in total. The second-order valence-corrected chi connectivity index (χ2v) is 2.60. The average molecular weight is 103 g/mol. The molecule has 0 atom stereocenters. The molecule has 0 aromatic heterocycles. The molecular weight excluding hydrogens is 94.1 g/mol. The molecule has 1 saturated heterocycles. The molecule has 1 heterocycles. The zero-order chi connectivity index (χ0) is 4.41. The van der Waals surface area contributed by atoms with Crippen LogP contribution in [0.3, 0.4) is 0 Å². The summed E-state index contributed by atoms with van der Waals surface area (Å²) in [6.07, 6.45) is 0. The van der Waals surface area contributed by atoms with Crippen LogP contribution in [-0.4, -0.2) is 24.6 Å². The van der Waals surface area contributed by atoms with E-state index in [1.54, 1.807) is 0 Å². The first-order valence-electron chi connectivity index (χ1n) is 2.18. The molecule has 2 heteroatoms. The minimum atomic E-state index is 0.829. The monoisotopic (exact) mass is 103 g/mol. The van der Waals surface area contributed by atoms with Crippen molar-refractivity contribution in [1.29, 1.82) is 0 Å². The Hall–Kier alpha value is 0.310. The summed E-state index contributed by atoms with van der Waals surface area (Å²) < 4.78 is 0. The van der Waals surface area contributed by atoms with Gasteiger partial charge in [0.1, 0.15) is 0 Å². The van der Waals surface area contributed by atoms with E-state index in [9.17, 15) is 0 Å². The summed E-state index contributed by atoms with van der Waals surface area (Å²) in [6, 6.07) is 0.829. The number of hydrogen-bond acceptors (Lipinski definition) is 2. The summed E-state index contributed by atoms with van der Waals surface area (Å²) in [6.45, 7) is 0. The van der Waals surface area contributed by atoms with Gasteiger partial charge in [-0.05, 0) is 7.05 Å². The van der Waals surface area contributed by atoms with E-state index in [0.717, 1.165) is 6.04 Å². The van der Waals surface area contributed by atoms with E-state index in [2.05, 4.69) is 5.32 Å². The Morgan fingerprint density at radius 1 is 1.67 bits per heavy atom. The van der Waals surface area contributed by atoms with Gasteiger partial charge in [-0.1, -0.05) is 0 Å². The highest BCUT2D eigenvalue weighted by Crippen LogP contribution is 2.15. The van der Waals surface area contributed by atoms with Gasteiger partial charge in [0.2, 0.25) is 0 Å². The third-order valence-corrected chi connectivity index (χ3v) is 2.32. The normalized spacial score (nSPS) is 23.5. The Balaban J connectivity index is 2.01. The third-order valence-electron chi connectivity index (χ3n) is 1.05. The fraction of sp³-hybridized carbons (Fsp3) is 1.00. The number of thioether (sulfide) groups is 1. The van der Waals surface area contributed by atoms with Crippen molar-refractivity contribution in [2.24, 2.45) is 0 Å². The zero-order valence-corrected chi connectivity index (χ0v) is 4.72. The standard InChI is InChI=1S/C4H9NS/c1-5-4-2-6-3-4/h4-5H,2-3H2,1H3. The molecule has 1 nitrogen and oxygen atoms in total. The van der Waals surface area contributed by atoms with Crippen LogP contribution in [0, 0.1) is 0 Å². The molecule has 0 bridgehead atoms. The molecule has 0 saturated carbocycles. The molecule has 0 spiro atoms. The highest BCUT2D eigenvalue weighted by molar-refractivity contribution is 8.00. The van der Waals surface area contributed by atoms with Crippen molar-refractivity contribution in [2.75, 3.05) is 18.6 Å². The van der Waals surface area contributed by atoms with Gasteiger partial charge in [-0.15, -0.1) is 0 Å². The van der Waals surface area contributed by atoms with E-state index in [4.69, 9.17) is 0 Å². The smallest absolute Gasteiger partial charge is 0.0245 e. The van der Waals surface area contributed by atoms with Crippen molar-refractivity contribution in [3.8, 4) is 0 Å². The van der Waals surface area contributed by atoms with Crippen molar-refractivity contribution >= 4 is 11.8 Å². The molecule has 0 amide bonds. The molecule has 0 unspecified atom stereocenters. The van der Waals surface area contributed by atoms with Crippen LogP contribution in [-0.2, 0) is 0 Å². The topological polar surface area (TPSA) is 12.0 Å².